The highest BCUT2D eigenvalue weighted by atomic mass is 16.6. The van der Waals surface area contributed by atoms with Crippen LogP contribution in [0.4, 0.5) is 11.4 Å². The second-order valence-corrected chi connectivity index (χ2v) is 4.26. The summed E-state index contributed by atoms with van der Waals surface area (Å²) in [6.45, 7) is 1.91. The number of nitro groups is 1. The minimum Gasteiger partial charge on any atom is -0.383 e. The van der Waals surface area contributed by atoms with Crippen molar-refractivity contribution in [2.75, 3.05) is 19.0 Å². The van der Waals surface area contributed by atoms with Crippen molar-refractivity contribution in [1.29, 1.82) is 0 Å². The number of non-ortho nitro benzene ring substituents is 1. The summed E-state index contributed by atoms with van der Waals surface area (Å²) >= 11 is 0. The van der Waals surface area contributed by atoms with Crippen LogP contribution in [0.3, 0.4) is 0 Å². The van der Waals surface area contributed by atoms with Gasteiger partial charge in [0, 0.05) is 32.0 Å². The van der Waals surface area contributed by atoms with Gasteiger partial charge < -0.3 is 10.1 Å². The Morgan fingerprint density at radius 1 is 1.40 bits per heavy atom. The van der Waals surface area contributed by atoms with Gasteiger partial charge in [0.05, 0.1) is 30.0 Å². The normalized spacial score (nSPS) is 10.4. The molecule has 2 rings (SSSR count). The predicted molar refractivity (Wildman–Crippen MR) is 74.5 cm³/mol. The molecule has 1 aromatic heterocycles. The number of aromatic nitrogens is 2. The number of anilines is 1. The molecule has 0 bridgehead atoms. The molecule has 0 amide bonds. The molecule has 0 atom stereocenters. The molecule has 0 aliphatic carbocycles. The molecule has 7 heteroatoms. The highest BCUT2D eigenvalue weighted by Gasteiger charge is 2.04. The summed E-state index contributed by atoms with van der Waals surface area (Å²) in [7, 11) is 1.65. The van der Waals surface area contributed by atoms with E-state index in [-0.39, 0.29) is 5.69 Å². The molecule has 0 unspecified atom stereocenters. The SMILES string of the molecule is COCCn1cc(NCc2ccc([N+](=O)[O-])cc2)cn1. The zero-order valence-electron chi connectivity index (χ0n) is 11.2. The molecule has 0 fully saturated rings. The summed E-state index contributed by atoms with van der Waals surface area (Å²) in [6, 6.07) is 6.47. The second kappa shape index (κ2) is 6.67. The minimum absolute atomic E-state index is 0.0983. The summed E-state index contributed by atoms with van der Waals surface area (Å²) in [6.07, 6.45) is 3.63. The molecule has 1 aromatic carbocycles. The van der Waals surface area contributed by atoms with Gasteiger partial charge in [-0.1, -0.05) is 12.1 Å². The van der Waals surface area contributed by atoms with Gasteiger partial charge in [0.1, 0.15) is 0 Å². The van der Waals surface area contributed by atoms with Crippen molar-refractivity contribution >= 4 is 11.4 Å². The lowest BCUT2D eigenvalue weighted by molar-refractivity contribution is -0.384. The molecule has 0 radical (unpaired) electrons. The molecule has 0 aliphatic heterocycles. The predicted octanol–water partition coefficient (Wildman–Crippen LogP) is 2.05. The van der Waals surface area contributed by atoms with Gasteiger partial charge in [-0.25, -0.2) is 0 Å². The molecule has 1 heterocycles. The Kier molecular flexibility index (Phi) is 4.67. The Balaban J connectivity index is 1.88. The number of rotatable bonds is 7. The van der Waals surface area contributed by atoms with E-state index in [0.29, 0.717) is 19.7 Å². The Hall–Kier alpha value is -2.41. The lowest BCUT2D eigenvalue weighted by Gasteiger charge is -2.03. The van der Waals surface area contributed by atoms with Crippen molar-refractivity contribution in [2.24, 2.45) is 0 Å². The van der Waals surface area contributed by atoms with Crippen molar-refractivity contribution < 1.29 is 9.66 Å². The lowest BCUT2D eigenvalue weighted by Crippen LogP contribution is -2.04. The Labute approximate surface area is 116 Å². The number of hydrogen-bond acceptors (Lipinski definition) is 5. The average molecular weight is 276 g/mol. The molecule has 0 spiro atoms. The van der Waals surface area contributed by atoms with E-state index in [1.54, 1.807) is 30.1 Å². The van der Waals surface area contributed by atoms with E-state index in [9.17, 15) is 10.1 Å². The molecular formula is C13H16N4O3. The van der Waals surface area contributed by atoms with Gasteiger partial charge in [0.2, 0.25) is 0 Å². The van der Waals surface area contributed by atoms with Crippen LogP contribution >= 0.6 is 0 Å². The van der Waals surface area contributed by atoms with Crippen LogP contribution < -0.4 is 5.32 Å². The summed E-state index contributed by atoms with van der Waals surface area (Å²) in [5.74, 6) is 0. The average Bonchev–Trinajstić information content (AvgIpc) is 2.91. The molecular weight excluding hydrogens is 260 g/mol. The van der Waals surface area contributed by atoms with Crippen molar-refractivity contribution in [1.82, 2.24) is 9.78 Å². The van der Waals surface area contributed by atoms with Crippen molar-refractivity contribution in [3.63, 3.8) is 0 Å². The molecule has 0 saturated carbocycles. The Bertz CT molecular complexity index is 565. The van der Waals surface area contributed by atoms with E-state index in [1.807, 2.05) is 6.20 Å². The third-order valence-corrected chi connectivity index (χ3v) is 2.80. The van der Waals surface area contributed by atoms with E-state index in [4.69, 9.17) is 4.74 Å². The fraction of sp³-hybridized carbons (Fsp3) is 0.308. The summed E-state index contributed by atoms with van der Waals surface area (Å²) < 4.78 is 6.77. The minimum atomic E-state index is -0.406. The molecule has 0 aliphatic rings. The van der Waals surface area contributed by atoms with Crippen LogP contribution in [0.15, 0.2) is 36.7 Å². The highest BCUT2D eigenvalue weighted by molar-refractivity contribution is 5.40. The second-order valence-electron chi connectivity index (χ2n) is 4.26. The van der Waals surface area contributed by atoms with Crippen LogP contribution in [0.2, 0.25) is 0 Å². The molecule has 106 valence electrons. The number of benzene rings is 1. The van der Waals surface area contributed by atoms with Gasteiger partial charge in [0.25, 0.3) is 5.69 Å². The Morgan fingerprint density at radius 3 is 2.80 bits per heavy atom. The van der Waals surface area contributed by atoms with E-state index in [2.05, 4.69) is 10.4 Å². The monoisotopic (exact) mass is 276 g/mol. The molecule has 7 nitrogen and oxygen atoms in total. The van der Waals surface area contributed by atoms with E-state index in [1.165, 1.54) is 12.1 Å². The summed E-state index contributed by atoms with van der Waals surface area (Å²) in [4.78, 5) is 10.1. The van der Waals surface area contributed by atoms with Crippen LogP contribution in [0.1, 0.15) is 5.56 Å². The van der Waals surface area contributed by atoms with Crippen molar-refractivity contribution in [3.8, 4) is 0 Å². The highest BCUT2D eigenvalue weighted by Crippen LogP contribution is 2.13. The largest absolute Gasteiger partial charge is 0.383 e. The summed E-state index contributed by atoms with van der Waals surface area (Å²) in [5.41, 5.74) is 1.97. The van der Waals surface area contributed by atoms with Gasteiger partial charge in [-0.05, 0) is 5.56 Å². The fourth-order valence-corrected chi connectivity index (χ4v) is 1.70. The van der Waals surface area contributed by atoms with E-state index < -0.39 is 4.92 Å². The third kappa shape index (κ3) is 3.79. The van der Waals surface area contributed by atoms with Crippen molar-refractivity contribution in [3.05, 3.63) is 52.3 Å². The third-order valence-electron chi connectivity index (χ3n) is 2.80. The van der Waals surface area contributed by atoms with Gasteiger partial charge in [0.15, 0.2) is 0 Å². The number of hydrogen-bond donors (Lipinski definition) is 1. The van der Waals surface area contributed by atoms with Crippen molar-refractivity contribution in [2.45, 2.75) is 13.1 Å². The number of nitro benzene ring substituents is 1. The summed E-state index contributed by atoms with van der Waals surface area (Å²) in [5, 5.41) is 17.9. The first kappa shape index (κ1) is 14.0. The lowest BCUT2D eigenvalue weighted by atomic mass is 10.2. The Morgan fingerprint density at radius 2 is 2.15 bits per heavy atom. The zero-order chi connectivity index (χ0) is 14.4. The van der Waals surface area contributed by atoms with Crippen LogP contribution in [0.25, 0.3) is 0 Å². The maximum Gasteiger partial charge on any atom is 0.269 e. The molecule has 1 N–H and O–H groups in total. The number of methoxy groups -OCH3 is 1. The molecule has 0 saturated heterocycles. The van der Waals surface area contributed by atoms with Crippen LogP contribution in [-0.2, 0) is 17.8 Å². The van der Waals surface area contributed by atoms with Gasteiger partial charge in [-0.15, -0.1) is 0 Å². The van der Waals surface area contributed by atoms with Crippen LogP contribution in [-0.4, -0.2) is 28.4 Å². The molecule has 2 aromatic rings. The topological polar surface area (TPSA) is 82.2 Å². The first-order valence-electron chi connectivity index (χ1n) is 6.17. The molecule has 20 heavy (non-hydrogen) atoms. The maximum absolute atomic E-state index is 10.5. The maximum atomic E-state index is 10.5. The van der Waals surface area contributed by atoms with E-state index >= 15 is 0 Å². The number of nitrogens with zero attached hydrogens (tertiary/aromatic N) is 3. The quantitative estimate of drug-likeness (QED) is 0.618. The van der Waals surface area contributed by atoms with Crippen LogP contribution in [0.5, 0.6) is 0 Å². The smallest absolute Gasteiger partial charge is 0.269 e. The number of ether oxygens (including phenoxy) is 1. The van der Waals surface area contributed by atoms with Gasteiger partial charge >= 0.3 is 0 Å². The van der Waals surface area contributed by atoms with Gasteiger partial charge in [-0.3, -0.25) is 14.8 Å². The number of nitrogens with one attached hydrogen (secondary N) is 1. The fourth-order valence-electron chi connectivity index (χ4n) is 1.70. The standard InChI is InChI=1S/C13H16N4O3/c1-20-7-6-16-10-12(9-15-16)14-8-11-2-4-13(5-3-11)17(18)19/h2-5,9-10,14H,6-8H2,1H3. The first-order valence-corrected chi connectivity index (χ1v) is 6.17. The van der Waals surface area contributed by atoms with Gasteiger partial charge in [-0.2, -0.15) is 5.10 Å². The first-order chi connectivity index (χ1) is 9.69. The van der Waals surface area contributed by atoms with Crippen LogP contribution in [0, 0.1) is 10.1 Å². The van der Waals surface area contributed by atoms with E-state index in [0.717, 1.165) is 11.3 Å². The zero-order valence-corrected chi connectivity index (χ0v) is 11.2.